The second-order valence-electron chi connectivity index (χ2n) is 6.59. The Labute approximate surface area is 170 Å². The largest absolute Gasteiger partial charge is 0.454 e. The average Bonchev–Trinajstić information content (AvgIpc) is 3.33. The number of benzene rings is 2. The molecule has 0 radical (unpaired) electrons. The number of halogens is 1. The van der Waals surface area contributed by atoms with Gasteiger partial charge in [0.25, 0.3) is 5.56 Å². The molecule has 3 heterocycles. The van der Waals surface area contributed by atoms with Crippen LogP contribution in [-0.2, 0) is 13.6 Å². The van der Waals surface area contributed by atoms with E-state index in [1.54, 1.807) is 4.57 Å². The van der Waals surface area contributed by atoms with E-state index in [-0.39, 0.29) is 11.8 Å². The van der Waals surface area contributed by atoms with Crippen LogP contribution in [0.15, 0.2) is 53.5 Å². The van der Waals surface area contributed by atoms with Crippen molar-refractivity contribution in [3.8, 4) is 17.4 Å². The molecule has 0 unspecified atom stereocenters. The summed E-state index contributed by atoms with van der Waals surface area (Å²) in [4.78, 5) is 17.3. The van der Waals surface area contributed by atoms with Crippen molar-refractivity contribution in [2.24, 2.45) is 7.05 Å². The van der Waals surface area contributed by atoms with Gasteiger partial charge in [-0.05, 0) is 29.8 Å². The van der Waals surface area contributed by atoms with Gasteiger partial charge in [0.1, 0.15) is 5.02 Å². The van der Waals surface area contributed by atoms with Crippen LogP contribution in [0.3, 0.4) is 0 Å². The van der Waals surface area contributed by atoms with Gasteiger partial charge >= 0.3 is 0 Å². The molecule has 1 aliphatic rings. The van der Waals surface area contributed by atoms with Crippen molar-refractivity contribution in [3.05, 3.63) is 69.6 Å². The van der Waals surface area contributed by atoms with E-state index in [1.807, 2.05) is 49.5 Å². The Bertz CT molecular complexity index is 1300. The topological polar surface area (TPSA) is 83.2 Å². The molecule has 2 aromatic heterocycles. The maximum absolute atomic E-state index is 12.8. The summed E-state index contributed by atoms with van der Waals surface area (Å²) < 4.78 is 13.7. The highest BCUT2D eigenvalue weighted by Gasteiger charge is 2.17. The molecule has 0 aliphatic carbocycles. The smallest absolute Gasteiger partial charge is 0.295 e. The first-order valence-corrected chi connectivity index (χ1v) is 9.31. The number of aryl methyl sites for hydroxylation is 1. The van der Waals surface area contributed by atoms with Crippen LogP contribution in [0.5, 0.6) is 11.5 Å². The first kappa shape index (κ1) is 17.6. The highest BCUT2D eigenvalue weighted by atomic mass is 35.5. The SMILES string of the molecule is Cn1c(-n2ncc(NCc3ccc4c(c3)OCO4)c(Cl)c2=O)nc2ccccc21. The van der Waals surface area contributed by atoms with Gasteiger partial charge in [0.15, 0.2) is 11.5 Å². The van der Waals surface area contributed by atoms with Gasteiger partial charge in [0, 0.05) is 13.6 Å². The normalized spacial score (nSPS) is 12.5. The Kier molecular flexibility index (Phi) is 4.13. The summed E-state index contributed by atoms with van der Waals surface area (Å²) in [5.41, 5.74) is 2.65. The van der Waals surface area contributed by atoms with E-state index in [2.05, 4.69) is 15.4 Å². The van der Waals surface area contributed by atoms with Crippen molar-refractivity contribution in [2.75, 3.05) is 12.1 Å². The van der Waals surface area contributed by atoms with Crippen molar-refractivity contribution in [3.63, 3.8) is 0 Å². The monoisotopic (exact) mass is 409 g/mol. The summed E-state index contributed by atoms with van der Waals surface area (Å²) in [6.45, 7) is 0.677. The molecule has 29 heavy (non-hydrogen) atoms. The zero-order chi connectivity index (χ0) is 20.0. The molecule has 1 aliphatic heterocycles. The summed E-state index contributed by atoms with van der Waals surface area (Å²) in [6, 6.07) is 13.3. The maximum Gasteiger partial charge on any atom is 0.295 e. The molecule has 1 N–H and O–H groups in total. The highest BCUT2D eigenvalue weighted by molar-refractivity contribution is 6.32. The van der Waals surface area contributed by atoms with E-state index in [1.165, 1.54) is 10.9 Å². The van der Waals surface area contributed by atoms with Crippen molar-refractivity contribution in [2.45, 2.75) is 6.54 Å². The number of anilines is 1. The number of para-hydroxylation sites is 2. The molecule has 0 saturated carbocycles. The minimum atomic E-state index is -0.444. The second kappa shape index (κ2) is 6.82. The number of imidazole rings is 1. The van der Waals surface area contributed by atoms with Gasteiger partial charge in [0.2, 0.25) is 12.7 Å². The van der Waals surface area contributed by atoms with Crippen molar-refractivity contribution < 1.29 is 9.47 Å². The lowest BCUT2D eigenvalue weighted by Gasteiger charge is -2.10. The lowest BCUT2D eigenvalue weighted by molar-refractivity contribution is 0.174. The van der Waals surface area contributed by atoms with Gasteiger partial charge < -0.3 is 19.4 Å². The molecule has 146 valence electrons. The van der Waals surface area contributed by atoms with Gasteiger partial charge in [-0.2, -0.15) is 9.78 Å². The van der Waals surface area contributed by atoms with Gasteiger partial charge in [-0.25, -0.2) is 4.98 Å². The van der Waals surface area contributed by atoms with E-state index < -0.39 is 5.56 Å². The number of rotatable bonds is 4. The van der Waals surface area contributed by atoms with Gasteiger partial charge in [-0.1, -0.05) is 29.8 Å². The Hall–Kier alpha value is -3.52. The maximum atomic E-state index is 12.8. The van der Waals surface area contributed by atoms with Crippen molar-refractivity contribution in [1.29, 1.82) is 0 Å². The van der Waals surface area contributed by atoms with Gasteiger partial charge in [0.05, 0.1) is 22.9 Å². The Balaban J connectivity index is 1.44. The standard InChI is InChI=1S/C20H16ClN5O3/c1-25-15-5-3-2-4-13(15)24-20(25)26-19(27)18(21)14(10-23-26)22-9-12-6-7-16-17(8-12)29-11-28-16/h2-8,10,22H,9,11H2,1H3. The molecule has 0 atom stereocenters. The Morgan fingerprint density at radius 3 is 2.86 bits per heavy atom. The van der Waals surface area contributed by atoms with E-state index in [0.717, 1.165) is 22.3 Å². The van der Waals surface area contributed by atoms with E-state index in [4.69, 9.17) is 21.1 Å². The van der Waals surface area contributed by atoms with Crippen LogP contribution in [0, 0.1) is 0 Å². The van der Waals surface area contributed by atoms with Crippen LogP contribution in [-0.4, -0.2) is 26.1 Å². The van der Waals surface area contributed by atoms with Gasteiger partial charge in [-0.15, -0.1) is 0 Å². The summed E-state index contributed by atoms with van der Waals surface area (Å²) in [5, 5.41) is 7.46. The number of ether oxygens (including phenoxy) is 2. The second-order valence-corrected chi connectivity index (χ2v) is 6.97. The predicted octanol–water partition coefficient (Wildman–Crippen LogP) is 3.11. The quantitative estimate of drug-likeness (QED) is 0.557. The van der Waals surface area contributed by atoms with E-state index in [9.17, 15) is 4.79 Å². The number of nitrogens with one attached hydrogen (secondary N) is 1. The lowest BCUT2D eigenvalue weighted by Crippen LogP contribution is -2.25. The first-order chi connectivity index (χ1) is 14.1. The third-order valence-corrected chi connectivity index (χ3v) is 5.16. The minimum absolute atomic E-state index is 0.0489. The van der Waals surface area contributed by atoms with Crippen LogP contribution in [0.25, 0.3) is 17.0 Å². The van der Waals surface area contributed by atoms with Crippen LogP contribution in [0.4, 0.5) is 5.69 Å². The summed E-state index contributed by atoms with van der Waals surface area (Å²) in [7, 11) is 1.83. The fraction of sp³-hybridized carbons (Fsp3) is 0.150. The molecular weight excluding hydrogens is 394 g/mol. The lowest BCUT2D eigenvalue weighted by atomic mass is 10.2. The number of hydrogen-bond donors (Lipinski definition) is 1. The number of hydrogen-bond acceptors (Lipinski definition) is 6. The first-order valence-electron chi connectivity index (χ1n) is 8.94. The molecule has 0 bridgehead atoms. The number of aromatic nitrogens is 4. The van der Waals surface area contributed by atoms with Crippen LogP contribution in [0.2, 0.25) is 5.02 Å². The van der Waals surface area contributed by atoms with Crippen molar-refractivity contribution in [1.82, 2.24) is 19.3 Å². The molecule has 0 amide bonds. The molecule has 8 nitrogen and oxygen atoms in total. The molecule has 9 heteroatoms. The molecule has 5 rings (SSSR count). The average molecular weight is 410 g/mol. The molecular formula is C20H16ClN5O3. The zero-order valence-corrected chi connectivity index (χ0v) is 16.2. The van der Waals surface area contributed by atoms with Crippen LogP contribution < -0.4 is 20.3 Å². The molecule has 0 spiro atoms. The summed E-state index contributed by atoms with van der Waals surface area (Å²) in [6.07, 6.45) is 1.52. The zero-order valence-electron chi connectivity index (χ0n) is 15.4. The number of fused-ring (bicyclic) bond motifs is 2. The highest BCUT2D eigenvalue weighted by Crippen LogP contribution is 2.32. The molecule has 0 fully saturated rings. The van der Waals surface area contributed by atoms with E-state index in [0.29, 0.717) is 23.9 Å². The van der Waals surface area contributed by atoms with Crippen LogP contribution in [0.1, 0.15) is 5.56 Å². The predicted molar refractivity (Wildman–Crippen MR) is 109 cm³/mol. The summed E-state index contributed by atoms with van der Waals surface area (Å²) >= 11 is 6.34. The van der Waals surface area contributed by atoms with Crippen molar-refractivity contribution >= 4 is 28.3 Å². The fourth-order valence-corrected chi connectivity index (χ4v) is 3.46. The third kappa shape index (κ3) is 2.98. The minimum Gasteiger partial charge on any atom is -0.454 e. The van der Waals surface area contributed by atoms with E-state index >= 15 is 0 Å². The number of nitrogens with zero attached hydrogens (tertiary/aromatic N) is 4. The third-order valence-electron chi connectivity index (χ3n) is 4.79. The molecule has 4 aromatic rings. The summed E-state index contributed by atoms with van der Waals surface area (Å²) in [5.74, 6) is 1.82. The fourth-order valence-electron chi connectivity index (χ4n) is 3.27. The Morgan fingerprint density at radius 1 is 1.17 bits per heavy atom. The molecule has 0 saturated heterocycles. The van der Waals surface area contributed by atoms with Crippen LogP contribution >= 0.6 is 11.6 Å². The van der Waals surface area contributed by atoms with Gasteiger partial charge in [-0.3, -0.25) is 4.79 Å². The Morgan fingerprint density at radius 2 is 2.00 bits per heavy atom. The molecule has 2 aromatic carbocycles.